The van der Waals surface area contributed by atoms with Gasteiger partial charge in [0.15, 0.2) is 0 Å². The second kappa shape index (κ2) is 5.37. The normalized spacial score (nSPS) is 18.0. The van der Waals surface area contributed by atoms with Crippen LogP contribution >= 0.6 is 0 Å². The molecule has 4 rings (SSSR count). The third kappa shape index (κ3) is 2.08. The van der Waals surface area contributed by atoms with Gasteiger partial charge in [-0.2, -0.15) is 0 Å². The van der Waals surface area contributed by atoms with E-state index < -0.39 is 11.9 Å². The summed E-state index contributed by atoms with van der Waals surface area (Å²) < 4.78 is 2.25. The van der Waals surface area contributed by atoms with Crippen molar-refractivity contribution in [2.75, 3.05) is 11.4 Å². The Bertz CT molecular complexity index is 973. The van der Waals surface area contributed by atoms with E-state index in [9.17, 15) is 9.59 Å². The molecular formula is C19H18N2O3. The highest BCUT2D eigenvalue weighted by atomic mass is 16.4. The van der Waals surface area contributed by atoms with E-state index in [-0.39, 0.29) is 18.9 Å². The molecule has 1 aliphatic rings. The molecule has 0 bridgehead atoms. The van der Waals surface area contributed by atoms with Crippen LogP contribution in [0.25, 0.3) is 21.8 Å². The van der Waals surface area contributed by atoms with Crippen LogP contribution in [0.4, 0.5) is 5.69 Å². The fraction of sp³-hybridized carbons (Fsp3) is 0.263. The summed E-state index contributed by atoms with van der Waals surface area (Å²) in [4.78, 5) is 25.0. The maximum Gasteiger partial charge on any atom is 0.308 e. The quantitative estimate of drug-likeness (QED) is 0.805. The number of benzene rings is 2. The Morgan fingerprint density at radius 2 is 1.92 bits per heavy atom. The van der Waals surface area contributed by atoms with Crippen molar-refractivity contribution in [3.8, 4) is 0 Å². The van der Waals surface area contributed by atoms with Crippen LogP contribution < -0.4 is 4.90 Å². The number of hydrogen-bond donors (Lipinski definition) is 1. The lowest BCUT2D eigenvalue weighted by atomic mass is 10.1. The van der Waals surface area contributed by atoms with Crippen molar-refractivity contribution in [2.24, 2.45) is 5.92 Å². The van der Waals surface area contributed by atoms with Gasteiger partial charge in [-0.05, 0) is 31.2 Å². The molecule has 1 saturated heterocycles. The van der Waals surface area contributed by atoms with Gasteiger partial charge < -0.3 is 14.6 Å². The SMILES string of the molecule is CCn1c2ccccc2c2cc(N3CC(C(=O)O)CC3=O)ccc21. The Kier molecular flexibility index (Phi) is 3.30. The van der Waals surface area contributed by atoms with E-state index in [4.69, 9.17) is 5.11 Å². The summed E-state index contributed by atoms with van der Waals surface area (Å²) >= 11 is 0. The zero-order valence-corrected chi connectivity index (χ0v) is 13.4. The molecule has 1 unspecified atom stereocenters. The number of hydrogen-bond acceptors (Lipinski definition) is 2. The molecule has 1 aromatic heterocycles. The van der Waals surface area contributed by atoms with Crippen LogP contribution in [0, 0.1) is 5.92 Å². The van der Waals surface area contributed by atoms with E-state index in [1.54, 1.807) is 4.90 Å². The van der Waals surface area contributed by atoms with E-state index >= 15 is 0 Å². The van der Waals surface area contributed by atoms with Gasteiger partial charge in [-0.25, -0.2) is 0 Å². The van der Waals surface area contributed by atoms with Crippen LogP contribution in [0.15, 0.2) is 42.5 Å². The summed E-state index contributed by atoms with van der Waals surface area (Å²) in [6, 6.07) is 14.2. The number of aliphatic carboxylic acids is 1. The molecule has 0 saturated carbocycles. The highest BCUT2D eigenvalue weighted by Crippen LogP contribution is 2.34. The minimum atomic E-state index is -0.908. The molecule has 0 radical (unpaired) electrons. The summed E-state index contributed by atoms with van der Waals surface area (Å²) in [6.45, 7) is 3.22. The predicted octanol–water partition coefficient (Wildman–Crippen LogP) is 3.25. The number of anilines is 1. The van der Waals surface area contributed by atoms with E-state index in [2.05, 4.69) is 23.6 Å². The van der Waals surface area contributed by atoms with Crippen LogP contribution in [0.1, 0.15) is 13.3 Å². The first-order valence-corrected chi connectivity index (χ1v) is 8.14. The molecule has 1 N–H and O–H groups in total. The van der Waals surface area contributed by atoms with E-state index in [1.807, 2.05) is 30.3 Å². The smallest absolute Gasteiger partial charge is 0.308 e. The Morgan fingerprint density at radius 1 is 1.17 bits per heavy atom. The van der Waals surface area contributed by atoms with E-state index in [0.717, 1.165) is 28.5 Å². The van der Waals surface area contributed by atoms with Gasteiger partial charge >= 0.3 is 5.97 Å². The van der Waals surface area contributed by atoms with Gasteiger partial charge in [0.1, 0.15) is 0 Å². The number of carboxylic acids is 1. The lowest BCUT2D eigenvalue weighted by Gasteiger charge is -2.16. The Hall–Kier alpha value is -2.82. The molecule has 0 aliphatic carbocycles. The number of para-hydroxylation sites is 1. The number of carboxylic acid groups (broad SMARTS) is 1. The number of fused-ring (bicyclic) bond motifs is 3. The second-order valence-corrected chi connectivity index (χ2v) is 6.21. The number of carbonyl (C=O) groups excluding carboxylic acids is 1. The highest BCUT2D eigenvalue weighted by Gasteiger charge is 2.35. The average Bonchev–Trinajstić information content (AvgIpc) is 3.12. The maximum absolute atomic E-state index is 12.2. The molecule has 2 heterocycles. The van der Waals surface area contributed by atoms with Gasteiger partial charge in [-0.3, -0.25) is 9.59 Å². The highest BCUT2D eigenvalue weighted by molar-refractivity contribution is 6.10. The number of aryl methyl sites for hydroxylation is 1. The number of rotatable bonds is 3. The zero-order valence-electron chi connectivity index (χ0n) is 13.4. The molecule has 1 amide bonds. The molecule has 24 heavy (non-hydrogen) atoms. The Balaban J connectivity index is 1.86. The first kappa shape index (κ1) is 14.8. The Labute approximate surface area is 139 Å². The number of nitrogens with zero attached hydrogens (tertiary/aromatic N) is 2. The van der Waals surface area contributed by atoms with Crippen molar-refractivity contribution < 1.29 is 14.7 Å². The minimum Gasteiger partial charge on any atom is -0.481 e. The third-order valence-corrected chi connectivity index (χ3v) is 4.86. The third-order valence-electron chi connectivity index (χ3n) is 4.86. The van der Waals surface area contributed by atoms with Gasteiger partial charge in [-0.1, -0.05) is 18.2 Å². The number of aromatic nitrogens is 1. The molecule has 0 spiro atoms. The zero-order chi connectivity index (χ0) is 16.8. The summed E-state index contributed by atoms with van der Waals surface area (Å²) in [6.07, 6.45) is 0.0735. The standard InChI is InChI=1S/C19H18N2O3/c1-2-20-16-6-4-3-5-14(16)15-10-13(7-8-17(15)20)21-11-12(19(23)24)9-18(21)22/h3-8,10,12H,2,9,11H2,1H3,(H,23,24). The van der Waals surface area contributed by atoms with Crippen LogP contribution in [0.2, 0.25) is 0 Å². The first-order valence-electron chi connectivity index (χ1n) is 8.14. The van der Waals surface area contributed by atoms with Crippen molar-refractivity contribution in [1.29, 1.82) is 0 Å². The van der Waals surface area contributed by atoms with Gasteiger partial charge in [0, 0.05) is 47.0 Å². The predicted molar refractivity (Wildman–Crippen MR) is 93.2 cm³/mol. The van der Waals surface area contributed by atoms with Crippen molar-refractivity contribution in [1.82, 2.24) is 4.57 Å². The van der Waals surface area contributed by atoms with Gasteiger partial charge in [-0.15, -0.1) is 0 Å². The summed E-state index contributed by atoms with van der Waals surface area (Å²) in [7, 11) is 0. The van der Waals surface area contributed by atoms with Crippen LogP contribution in [-0.4, -0.2) is 28.1 Å². The van der Waals surface area contributed by atoms with E-state index in [1.165, 1.54) is 5.52 Å². The number of carbonyl (C=O) groups is 2. The molecule has 5 heteroatoms. The summed E-state index contributed by atoms with van der Waals surface area (Å²) in [5.41, 5.74) is 3.07. The topological polar surface area (TPSA) is 62.5 Å². The molecule has 1 aliphatic heterocycles. The largest absolute Gasteiger partial charge is 0.481 e. The van der Waals surface area contributed by atoms with Gasteiger partial charge in [0.05, 0.1) is 5.92 Å². The lowest BCUT2D eigenvalue weighted by Crippen LogP contribution is -2.25. The first-order chi connectivity index (χ1) is 11.6. The molecule has 1 fully saturated rings. The number of amides is 1. The molecule has 5 nitrogen and oxygen atoms in total. The molecular weight excluding hydrogens is 304 g/mol. The molecule has 3 aromatic rings. The van der Waals surface area contributed by atoms with Gasteiger partial charge in [0.2, 0.25) is 5.91 Å². The fourth-order valence-corrected chi connectivity index (χ4v) is 3.67. The minimum absolute atomic E-state index is 0.0735. The van der Waals surface area contributed by atoms with Crippen LogP contribution in [0.3, 0.4) is 0 Å². The Morgan fingerprint density at radius 3 is 2.62 bits per heavy atom. The summed E-state index contributed by atoms with van der Waals surface area (Å²) in [5.74, 6) is -1.65. The lowest BCUT2D eigenvalue weighted by molar-refractivity contribution is -0.141. The van der Waals surface area contributed by atoms with Crippen molar-refractivity contribution in [3.63, 3.8) is 0 Å². The van der Waals surface area contributed by atoms with Crippen LogP contribution in [0.5, 0.6) is 0 Å². The monoisotopic (exact) mass is 322 g/mol. The van der Waals surface area contributed by atoms with Crippen molar-refractivity contribution in [3.05, 3.63) is 42.5 Å². The van der Waals surface area contributed by atoms with Crippen LogP contribution in [-0.2, 0) is 16.1 Å². The molecule has 2 aromatic carbocycles. The van der Waals surface area contributed by atoms with Crippen molar-refractivity contribution >= 4 is 39.4 Å². The summed E-state index contributed by atoms with van der Waals surface area (Å²) in [5, 5.41) is 11.4. The van der Waals surface area contributed by atoms with Gasteiger partial charge in [0.25, 0.3) is 0 Å². The molecule has 1 atom stereocenters. The maximum atomic E-state index is 12.2. The fourth-order valence-electron chi connectivity index (χ4n) is 3.67. The van der Waals surface area contributed by atoms with E-state index in [0.29, 0.717) is 0 Å². The molecule has 122 valence electrons. The second-order valence-electron chi connectivity index (χ2n) is 6.21. The average molecular weight is 322 g/mol. The van der Waals surface area contributed by atoms with Crippen molar-refractivity contribution in [2.45, 2.75) is 19.9 Å².